The number of ketones is 4. The van der Waals surface area contributed by atoms with E-state index in [1.807, 2.05) is 0 Å². The molecule has 0 aromatic carbocycles. The van der Waals surface area contributed by atoms with Crippen molar-refractivity contribution in [3.63, 3.8) is 0 Å². The third-order valence-corrected chi connectivity index (χ3v) is 5.57. The molecule has 0 bridgehead atoms. The normalized spacial score (nSPS) is 13.1. The number of carbonyl (C=O) groups excluding carboxylic acids is 4. The van der Waals surface area contributed by atoms with E-state index in [4.69, 9.17) is 29.2 Å². The largest absolute Gasteiger partial charge is 0.388 e. The molecule has 2 N–H and O–H groups in total. The molecule has 0 rings (SSSR count). The lowest BCUT2D eigenvalue weighted by Gasteiger charge is -2.28. The van der Waals surface area contributed by atoms with Gasteiger partial charge in [-0.15, -0.1) is 0 Å². The number of carbonyl (C=O) groups is 4. The highest BCUT2D eigenvalue weighted by atomic mass is 16.5. The van der Waals surface area contributed by atoms with Crippen molar-refractivity contribution in [2.24, 2.45) is 0 Å². The van der Waals surface area contributed by atoms with E-state index in [0.717, 1.165) is 0 Å². The average molecular weight is 491 g/mol. The maximum atomic E-state index is 12.4. The third kappa shape index (κ3) is 10.8. The van der Waals surface area contributed by atoms with Crippen LogP contribution < -0.4 is 0 Å². The number of aliphatic hydroxyl groups excluding tert-OH is 2. The van der Waals surface area contributed by atoms with E-state index in [1.165, 1.54) is 27.7 Å². The zero-order valence-corrected chi connectivity index (χ0v) is 21.8. The molecule has 0 aromatic heterocycles. The van der Waals surface area contributed by atoms with Crippen molar-refractivity contribution in [2.45, 2.75) is 90.6 Å². The molecule has 0 saturated heterocycles. The van der Waals surface area contributed by atoms with Crippen LogP contribution in [0.3, 0.4) is 0 Å². The van der Waals surface area contributed by atoms with E-state index in [1.54, 1.807) is 27.7 Å². The van der Waals surface area contributed by atoms with E-state index in [9.17, 15) is 19.2 Å². The standard InChI is InChI=1S/C24H42O10/c1-21(2,17(27)13-25)33-15-19(29)23(5,6)31-11-9-10-12-32-24(7,8)20(30)16-34-22(3,4)18(28)14-26/h25-26H,9-16H2,1-8H3. The van der Waals surface area contributed by atoms with Gasteiger partial charge in [-0.3, -0.25) is 19.2 Å². The Balaban J connectivity index is 4.36. The van der Waals surface area contributed by atoms with Crippen molar-refractivity contribution in [3.8, 4) is 0 Å². The van der Waals surface area contributed by atoms with E-state index < -0.39 is 47.2 Å². The predicted molar refractivity (Wildman–Crippen MR) is 124 cm³/mol. The van der Waals surface area contributed by atoms with Crippen molar-refractivity contribution in [3.05, 3.63) is 0 Å². The predicted octanol–water partition coefficient (Wildman–Crippen LogP) is 1.21. The minimum Gasteiger partial charge on any atom is -0.388 e. The summed E-state index contributed by atoms with van der Waals surface area (Å²) in [6, 6.07) is 0. The Hall–Kier alpha value is -1.56. The number of hydrogen-bond donors (Lipinski definition) is 2. The van der Waals surface area contributed by atoms with Crippen LogP contribution in [0, 0.1) is 0 Å². The molecular weight excluding hydrogens is 448 g/mol. The molecule has 0 aliphatic carbocycles. The third-order valence-electron chi connectivity index (χ3n) is 5.57. The number of unbranched alkanes of at least 4 members (excludes halogenated alkanes) is 1. The summed E-state index contributed by atoms with van der Waals surface area (Å²) in [6.45, 7) is 11.0. The SMILES string of the molecule is CC(C)(OCC(=O)C(C)(C)OCCCCOC(C)(C)C(=O)COC(C)(C)C(=O)CO)C(=O)CO. The fourth-order valence-electron chi connectivity index (χ4n) is 2.40. The maximum Gasteiger partial charge on any atom is 0.189 e. The summed E-state index contributed by atoms with van der Waals surface area (Å²) >= 11 is 0. The summed E-state index contributed by atoms with van der Waals surface area (Å²) in [6.07, 6.45) is 1.15. The zero-order valence-electron chi connectivity index (χ0n) is 21.8. The topological polar surface area (TPSA) is 146 Å². The van der Waals surface area contributed by atoms with Gasteiger partial charge in [-0.2, -0.15) is 0 Å². The molecule has 0 fully saturated rings. The zero-order chi connectivity index (χ0) is 26.8. The van der Waals surface area contributed by atoms with Crippen molar-refractivity contribution < 1.29 is 48.3 Å². The van der Waals surface area contributed by atoms with Crippen LogP contribution in [0.2, 0.25) is 0 Å². The lowest BCUT2D eigenvalue weighted by Crippen LogP contribution is -2.44. The minimum absolute atomic E-state index is 0.274. The Labute approximate surface area is 202 Å². The van der Waals surface area contributed by atoms with Crippen LogP contribution in [0.1, 0.15) is 68.2 Å². The van der Waals surface area contributed by atoms with Gasteiger partial charge >= 0.3 is 0 Å². The quantitative estimate of drug-likeness (QED) is 0.253. The molecule has 0 amide bonds. The number of Topliss-reactive ketones (excluding diaryl/α,β-unsaturated/α-hetero) is 4. The second kappa shape index (κ2) is 13.5. The van der Waals surface area contributed by atoms with Crippen molar-refractivity contribution in [1.29, 1.82) is 0 Å². The van der Waals surface area contributed by atoms with Gasteiger partial charge in [0.15, 0.2) is 23.1 Å². The lowest BCUT2D eigenvalue weighted by atomic mass is 10.0. The van der Waals surface area contributed by atoms with Crippen LogP contribution in [0.15, 0.2) is 0 Å². The molecule has 198 valence electrons. The Bertz CT molecular complexity index is 647. The van der Waals surface area contributed by atoms with Crippen LogP contribution in [-0.4, -0.2) is 95.4 Å². The van der Waals surface area contributed by atoms with Gasteiger partial charge in [0.25, 0.3) is 0 Å². The number of ether oxygens (including phenoxy) is 4. The molecule has 10 nitrogen and oxygen atoms in total. The Morgan fingerprint density at radius 2 is 0.765 bits per heavy atom. The van der Waals surface area contributed by atoms with Gasteiger partial charge in [-0.1, -0.05) is 0 Å². The summed E-state index contributed by atoms with van der Waals surface area (Å²) in [5.41, 5.74) is -4.77. The first kappa shape index (κ1) is 32.4. The van der Waals surface area contributed by atoms with Crippen molar-refractivity contribution in [1.82, 2.24) is 0 Å². The van der Waals surface area contributed by atoms with E-state index in [2.05, 4.69) is 0 Å². The van der Waals surface area contributed by atoms with Crippen LogP contribution in [0.25, 0.3) is 0 Å². The lowest BCUT2D eigenvalue weighted by molar-refractivity contribution is -0.158. The highest BCUT2D eigenvalue weighted by Crippen LogP contribution is 2.18. The number of rotatable bonds is 19. The van der Waals surface area contributed by atoms with Crippen LogP contribution in [0.5, 0.6) is 0 Å². The summed E-state index contributed by atoms with van der Waals surface area (Å²) in [5.74, 6) is -1.71. The second-order valence-corrected chi connectivity index (χ2v) is 10.0. The average Bonchev–Trinajstić information content (AvgIpc) is 2.76. The summed E-state index contributed by atoms with van der Waals surface area (Å²) in [7, 11) is 0. The highest BCUT2D eigenvalue weighted by molar-refractivity contribution is 5.90. The Morgan fingerprint density at radius 1 is 0.500 bits per heavy atom. The molecule has 0 atom stereocenters. The first-order chi connectivity index (χ1) is 15.4. The summed E-state index contributed by atoms with van der Waals surface area (Å²) < 4.78 is 22.1. The van der Waals surface area contributed by atoms with Gasteiger partial charge in [-0.05, 0) is 68.2 Å². The Kier molecular flexibility index (Phi) is 12.9. The molecule has 10 heteroatoms. The summed E-state index contributed by atoms with van der Waals surface area (Å²) in [4.78, 5) is 48.1. The van der Waals surface area contributed by atoms with Gasteiger partial charge in [-0.25, -0.2) is 0 Å². The van der Waals surface area contributed by atoms with E-state index in [-0.39, 0.29) is 38.0 Å². The van der Waals surface area contributed by atoms with Crippen LogP contribution in [-0.2, 0) is 38.1 Å². The monoisotopic (exact) mass is 490 g/mol. The number of aliphatic hydroxyl groups is 2. The van der Waals surface area contributed by atoms with Gasteiger partial charge in [0.05, 0.1) is 0 Å². The van der Waals surface area contributed by atoms with E-state index >= 15 is 0 Å². The molecule has 0 aliphatic heterocycles. The van der Waals surface area contributed by atoms with Gasteiger partial charge in [0.1, 0.15) is 48.8 Å². The molecule has 0 radical (unpaired) electrons. The highest BCUT2D eigenvalue weighted by Gasteiger charge is 2.34. The Morgan fingerprint density at radius 3 is 1.03 bits per heavy atom. The second-order valence-electron chi connectivity index (χ2n) is 10.0. The van der Waals surface area contributed by atoms with E-state index in [0.29, 0.717) is 12.8 Å². The molecule has 34 heavy (non-hydrogen) atoms. The molecule has 0 saturated carbocycles. The number of hydrogen-bond acceptors (Lipinski definition) is 10. The molecule has 0 aromatic rings. The molecule has 0 aliphatic rings. The first-order valence-corrected chi connectivity index (χ1v) is 11.3. The molecule has 0 heterocycles. The van der Waals surface area contributed by atoms with Gasteiger partial charge in [0.2, 0.25) is 0 Å². The fraction of sp³-hybridized carbons (Fsp3) is 0.833. The minimum atomic E-state index is -1.27. The van der Waals surface area contributed by atoms with Gasteiger partial charge < -0.3 is 29.2 Å². The van der Waals surface area contributed by atoms with Crippen molar-refractivity contribution in [2.75, 3.05) is 39.6 Å². The smallest absolute Gasteiger partial charge is 0.189 e. The van der Waals surface area contributed by atoms with Crippen molar-refractivity contribution >= 4 is 23.1 Å². The molecular formula is C24H42O10. The van der Waals surface area contributed by atoms with Crippen LogP contribution in [0.4, 0.5) is 0 Å². The van der Waals surface area contributed by atoms with Gasteiger partial charge in [0, 0.05) is 13.2 Å². The fourth-order valence-corrected chi connectivity index (χ4v) is 2.40. The molecule has 0 unspecified atom stereocenters. The van der Waals surface area contributed by atoms with Crippen LogP contribution >= 0.6 is 0 Å². The first-order valence-electron chi connectivity index (χ1n) is 11.3. The molecule has 0 spiro atoms. The summed E-state index contributed by atoms with van der Waals surface area (Å²) in [5, 5.41) is 17.9. The maximum absolute atomic E-state index is 12.4.